The van der Waals surface area contributed by atoms with Crippen molar-refractivity contribution in [2.24, 2.45) is 0 Å². The first-order valence-electron chi connectivity index (χ1n) is 7.77. The van der Waals surface area contributed by atoms with Gasteiger partial charge in [0.25, 0.3) is 0 Å². The minimum atomic E-state index is -0.604. The van der Waals surface area contributed by atoms with Crippen LogP contribution in [0.15, 0.2) is 24.4 Å². The zero-order chi connectivity index (χ0) is 16.4. The quantitative estimate of drug-likeness (QED) is 0.943. The fourth-order valence-electron chi connectivity index (χ4n) is 2.84. The summed E-state index contributed by atoms with van der Waals surface area (Å²) in [5, 5.41) is 3.34. The normalized spacial score (nSPS) is 16.5. The largest absolute Gasteiger partial charge is 0.351 e. The Morgan fingerprint density at radius 2 is 1.91 bits per heavy atom. The summed E-state index contributed by atoms with van der Waals surface area (Å²) in [6.45, 7) is 3.91. The van der Waals surface area contributed by atoms with Gasteiger partial charge in [-0.2, -0.15) is 0 Å². The molecule has 1 aliphatic rings. The second-order valence-electron chi connectivity index (χ2n) is 6.04. The molecule has 0 aliphatic carbocycles. The Kier molecular flexibility index (Phi) is 4.52. The smallest absolute Gasteiger partial charge is 0.223 e. The van der Waals surface area contributed by atoms with Crippen LogP contribution in [0.4, 0.5) is 14.7 Å². The van der Waals surface area contributed by atoms with Crippen LogP contribution in [0.3, 0.4) is 0 Å². The van der Waals surface area contributed by atoms with Gasteiger partial charge < -0.3 is 10.2 Å². The molecule has 0 amide bonds. The molecule has 1 N–H and O–H groups in total. The number of benzene rings is 1. The molecule has 0 atom stereocenters. The van der Waals surface area contributed by atoms with Crippen LogP contribution in [-0.2, 0) is 0 Å². The standard InChI is InChI=1S/C17H20F2N4/c1-11-15(14-4-3-12(18)9-16(14)19)10-20-17(21-11)22-13-5-7-23(2)8-6-13/h3-4,9-10,13H,5-8H2,1-2H3,(H,20,21,22). The van der Waals surface area contributed by atoms with Crippen LogP contribution in [0.1, 0.15) is 18.5 Å². The van der Waals surface area contributed by atoms with Gasteiger partial charge in [0.1, 0.15) is 11.6 Å². The van der Waals surface area contributed by atoms with Crippen molar-refractivity contribution in [3.05, 3.63) is 41.7 Å². The molecular formula is C17H20F2N4. The van der Waals surface area contributed by atoms with E-state index in [2.05, 4.69) is 27.2 Å². The number of nitrogens with one attached hydrogen (secondary N) is 1. The van der Waals surface area contributed by atoms with Crippen molar-refractivity contribution in [3.8, 4) is 11.1 Å². The van der Waals surface area contributed by atoms with Gasteiger partial charge in [-0.1, -0.05) is 0 Å². The summed E-state index contributed by atoms with van der Waals surface area (Å²) in [5.74, 6) is -0.638. The summed E-state index contributed by atoms with van der Waals surface area (Å²) in [4.78, 5) is 11.0. The highest BCUT2D eigenvalue weighted by Crippen LogP contribution is 2.26. The molecule has 0 saturated carbocycles. The van der Waals surface area contributed by atoms with E-state index in [1.165, 1.54) is 12.1 Å². The molecule has 2 heterocycles. The van der Waals surface area contributed by atoms with Gasteiger partial charge in [-0.15, -0.1) is 0 Å². The highest BCUT2D eigenvalue weighted by Gasteiger charge is 2.18. The van der Waals surface area contributed by atoms with Crippen LogP contribution in [0.2, 0.25) is 0 Å². The maximum Gasteiger partial charge on any atom is 0.223 e. The molecule has 0 unspecified atom stereocenters. The minimum absolute atomic E-state index is 0.315. The van der Waals surface area contributed by atoms with Gasteiger partial charge >= 0.3 is 0 Å². The van der Waals surface area contributed by atoms with Crippen molar-refractivity contribution >= 4 is 5.95 Å². The number of nitrogens with zero attached hydrogens (tertiary/aromatic N) is 3. The Morgan fingerprint density at radius 1 is 1.17 bits per heavy atom. The summed E-state index contributed by atoms with van der Waals surface area (Å²) in [6.07, 6.45) is 3.69. The number of anilines is 1. The number of aromatic nitrogens is 2. The average molecular weight is 318 g/mol. The lowest BCUT2D eigenvalue weighted by atomic mass is 10.1. The van der Waals surface area contributed by atoms with E-state index >= 15 is 0 Å². The van der Waals surface area contributed by atoms with Crippen molar-refractivity contribution in [2.75, 3.05) is 25.5 Å². The zero-order valence-corrected chi connectivity index (χ0v) is 13.3. The van der Waals surface area contributed by atoms with Gasteiger partial charge in [0.05, 0.1) is 5.69 Å². The van der Waals surface area contributed by atoms with Gasteiger partial charge in [-0.3, -0.25) is 0 Å². The molecule has 4 nitrogen and oxygen atoms in total. The Bertz CT molecular complexity index is 697. The van der Waals surface area contributed by atoms with Crippen molar-refractivity contribution < 1.29 is 8.78 Å². The third-order valence-corrected chi connectivity index (χ3v) is 4.25. The molecule has 0 radical (unpaired) electrons. The zero-order valence-electron chi connectivity index (χ0n) is 13.3. The van der Waals surface area contributed by atoms with Gasteiger partial charge in [-0.05, 0) is 52.0 Å². The first-order chi connectivity index (χ1) is 11.0. The van der Waals surface area contributed by atoms with Gasteiger partial charge in [0.2, 0.25) is 5.95 Å². The van der Waals surface area contributed by atoms with E-state index < -0.39 is 11.6 Å². The predicted octanol–water partition coefficient (Wildman–Crippen LogP) is 3.24. The summed E-state index contributed by atoms with van der Waals surface area (Å²) < 4.78 is 26.9. The second kappa shape index (κ2) is 6.58. The monoisotopic (exact) mass is 318 g/mol. The van der Waals surface area contributed by atoms with Crippen LogP contribution in [0.5, 0.6) is 0 Å². The maximum absolute atomic E-state index is 13.9. The molecule has 1 aliphatic heterocycles. The summed E-state index contributed by atoms with van der Waals surface area (Å²) in [7, 11) is 2.11. The molecule has 1 fully saturated rings. The number of aryl methyl sites for hydroxylation is 1. The molecule has 3 rings (SSSR count). The van der Waals surface area contributed by atoms with Crippen LogP contribution in [0.25, 0.3) is 11.1 Å². The summed E-state index contributed by atoms with van der Waals surface area (Å²) in [6, 6.07) is 3.89. The van der Waals surface area contributed by atoms with E-state index in [1.807, 2.05) is 0 Å². The molecule has 1 aromatic carbocycles. The molecule has 6 heteroatoms. The van der Waals surface area contributed by atoms with E-state index in [0.717, 1.165) is 32.0 Å². The second-order valence-corrected chi connectivity index (χ2v) is 6.04. The average Bonchev–Trinajstić information content (AvgIpc) is 2.51. The topological polar surface area (TPSA) is 41.1 Å². The fraction of sp³-hybridized carbons (Fsp3) is 0.412. The predicted molar refractivity (Wildman–Crippen MR) is 86.3 cm³/mol. The molecule has 122 valence electrons. The summed E-state index contributed by atoms with van der Waals surface area (Å²) >= 11 is 0. The summed E-state index contributed by atoms with van der Waals surface area (Å²) in [5.41, 5.74) is 1.56. The molecule has 2 aromatic rings. The SMILES string of the molecule is Cc1nc(NC2CCN(C)CC2)ncc1-c1ccc(F)cc1F. The van der Waals surface area contributed by atoms with Crippen molar-refractivity contribution in [1.82, 2.24) is 14.9 Å². The molecule has 0 bridgehead atoms. The number of likely N-dealkylation sites (tertiary alicyclic amines) is 1. The van der Waals surface area contributed by atoms with E-state index in [9.17, 15) is 8.78 Å². The van der Waals surface area contributed by atoms with Gasteiger partial charge in [-0.25, -0.2) is 18.7 Å². The van der Waals surface area contributed by atoms with Gasteiger partial charge in [0.15, 0.2) is 0 Å². The first-order valence-corrected chi connectivity index (χ1v) is 7.77. The van der Waals surface area contributed by atoms with Crippen LogP contribution in [-0.4, -0.2) is 41.0 Å². The number of hydrogen-bond acceptors (Lipinski definition) is 4. The number of hydrogen-bond donors (Lipinski definition) is 1. The molecule has 23 heavy (non-hydrogen) atoms. The molecule has 1 saturated heterocycles. The lowest BCUT2D eigenvalue weighted by Crippen LogP contribution is -2.37. The number of piperidine rings is 1. The highest BCUT2D eigenvalue weighted by atomic mass is 19.1. The van der Waals surface area contributed by atoms with Crippen molar-refractivity contribution in [3.63, 3.8) is 0 Å². The van der Waals surface area contributed by atoms with E-state index in [-0.39, 0.29) is 0 Å². The van der Waals surface area contributed by atoms with Gasteiger partial charge in [0, 0.05) is 29.4 Å². The lowest BCUT2D eigenvalue weighted by molar-refractivity contribution is 0.263. The third-order valence-electron chi connectivity index (χ3n) is 4.25. The van der Waals surface area contributed by atoms with Crippen LogP contribution >= 0.6 is 0 Å². The lowest BCUT2D eigenvalue weighted by Gasteiger charge is -2.29. The van der Waals surface area contributed by atoms with E-state index in [4.69, 9.17) is 0 Å². The maximum atomic E-state index is 13.9. The minimum Gasteiger partial charge on any atom is -0.351 e. The van der Waals surface area contributed by atoms with E-state index in [0.29, 0.717) is 28.8 Å². The van der Waals surface area contributed by atoms with Crippen molar-refractivity contribution in [1.29, 1.82) is 0 Å². The number of halogens is 2. The van der Waals surface area contributed by atoms with Crippen molar-refractivity contribution in [2.45, 2.75) is 25.8 Å². The molecule has 1 aromatic heterocycles. The molecular weight excluding hydrogens is 298 g/mol. The molecule has 0 spiro atoms. The Morgan fingerprint density at radius 3 is 2.57 bits per heavy atom. The Hall–Kier alpha value is -2.08. The van der Waals surface area contributed by atoms with Crippen LogP contribution in [0, 0.1) is 18.6 Å². The number of rotatable bonds is 3. The van der Waals surface area contributed by atoms with E-state index in [1.54, 1.807) is 13.1 Å². The Balaban J connectivity index is 1.78. The highest BCUT2D eigenvalue weighted by molar-refractivity contribution is 5.66. The Labute approximate surface area is 134 Å². The third kappa shape index (κ3) is 3.64. The van der Waals surface area contributed by atoms with Crippen LogP contribution < -0.4 is 5.32 Å². The fourth-order valence-corrected chi connectivity index (χ4v) is 2.84. The first kappa shape index (κ1) is 15.8.